The molecule has 12 nitrogen and oxygen atoms in total. The minimum atomic E-state index is -4.22. The smallest absolute Gasteiger partial charge is 0.341 e. The van der Waals surface area contributed by atoms with Gasteiger partial charge in [-0.25, -0.2) is 18.0 Å². The maximum atomic E-state index is 12.9. The van der Waals surface area contributed by atoms with E-state index in [2.05, 4.69) is 17.2 Å². The molecule has 1 N–H and O–H groups in total. The third-order valence-corrected chi connectivity index (χ3v) is 10.5. The van der Waals surface area contributed by atoms with Crippen molar-refractivity contribution >= 4 is 71.5 Å². The lowest BCUT2D eigenvalue weighted by Crippen LogP contribution is -2.28. The van der Waals surface area contributed by atoms with Crippen molar-refractivity contribution < 1.29 is 41.8 Å². The van der Waals surface area contributed by atoms with Crippen LogP contribution in [-0.4, -0.2) is 75.2 Å². The molecule has 1 unspecified atom stereocenters. The summed E-state index contributed by atoms with van der Waals surface area (Å²) in [7, 11) is -2.94. The summed E-state index contributed by atoms with van der Waals surface area (Å²) < 4.78 is 43.6. The van der Waals surface area contributed by atoms with Crippen molar-refractivity contribution in [3.63, 3.8) is 0 Å². The molecule has 3 aromatic rings. The first-order valence-corrected chi connectivity index (χ1v) is 17.6. The molecule has 1 aromatic carbocycles. The molecule has 0 saturated carbocycles. The van der Waals surface area contributed by atoms with Crippen molar-refractivity contribution in [2.45, 2.75) is 46.6 Å². The van der Waals surface area contributed by atoms with Gasteiger partial charge < -0.3 is 24.1 Å². The van der Waals surface area contributed by atoms with Gasteiger partial charge in [0.25, 0.3) is 5.91 Å². The summed E-state index contributed by atoms with van der Waals surface area (Å²) in [6.07, 6.45) is 2.31. The molecule has 0 bridgehead atoms. The highest BCUT2D eigenvalue weighted by Crippen LogP contribution is 2.40. The van der Waals surface area contributed by atoms with E-state index in [0.717, 1.165) is 34.6 Å². The number of nitrogens with one attached hydrogen (secondary N) is 1. The lowest BCUT2D eigenvalue weighted by atomic mass is 9.88. The van der Waals surface area contributed by atoms with E-state index in [-0.39, 0.29) is 22.0 Å². The molecule has 0 aliphatic heterocycles. The van der Waals surface area contributed by atoms with Crippen LogP contribution in [0.15, 0.2) is 23.2 Å². The van der Waals surface area contributed by atoms with Crippen LogP contribution in [0, 0.1) is 5.92 Å². The van der Waals surface area contributed by atoms with Gasteiger partial charge in [-0.2, -0.15) is 4.99 Å². The Morgan fingerprint density at radius 1 is 1.09 bits per heavy atom. The van der Waals surface area contributed by atoms with Crippen LogP contribution in [0.4, 0.5) is 5.00 Å². The standard InChI is InChI=1S/C29H35N3O9S3/c1-5-40-12-11-32-20-10-8-18(27(35)39-4)14-22(20)43-29(32)31-24(34)16-44(37,38)15-23(33)30-26-25(28(36)41-6-2)19-9-7-17(3)13-21(19)42-26/h8,10,14,17H,5-7,9,11-13,15-16H2,1-4H3,(H,30,33). The second-order valence-electron chi connectivity index (χ2n) is 10.3. The third kappa shape index (κ3) is 8.00. The highest BCUT2D eigenvalue weighted by atomic mass is 32.2. The predicted octanol–water partition coefficient (Wildman–Crippen LogP) is 3.37. The maximum Gasteiger partial charge on any atom is 0.341 e. The fraction of sp³-hybridized carbons (Fsp3) is 0.483. The number of hydrogen-bond acceptors (Lipinski definition) is 11. The quantitative estimate of drug-likeness (QED) is 0.226. The Morgan fingerprint density at radius 3 is 2.57 bits per heavy atom. The number of carbonyl (C=O) groups excluding carboxylic acids is 4. The summed E-state index contributed by atoms with van der Waals surface area (Å²) in [6, 6.07) is 4.90. The second kappa shape index (κ2) is 14.6. The SMILES string of the molecule is CCOCCn1c(=NC(=O)CS(=O)(=O)CC(=O)Nc2sc3c(c2C(=O)OCC)CCC(C)C3)sc2cc(C(=O)OC)ccc21. The molecule has 1 atom stereocenters. The molecule has 0 saturated heterocycles. The Kier molecular flexibility index (Phi) is 11.1. The molecule has 2 heterocycles. The lowest BCUT2D eigenvalue weighted by molar-refractivity contribution is -0.115. The molecular weight excluding hydrogens is 631 g/mol. The number of carbonyl (C=O) groups is 4. The molecule has 15 heteroatoms. The van der Waals surface area contributed by atoms with Crippen molar-refractivity contribution in [1.29, 1.82) is 0 Å². The molecule has 1 aliphatic carbocycles. The summed E-state index contributed by atoms with van der Waals surface area (Å²) in [5, 5.41) is 2.83. The van der Waals surface area contributed by atoms with Gasteiger partial charge in [-0.1, -0.05) is 18.3 Å². The zero-order valence-electron chi connectivity index (χ0n) is 25.0. The van der Waals surface area contributed by atoms with Gasteiger partial charge >= 0.3 is 11.9 Å². The Bertz CT molecular complexity index is 1750. The number of sulfone groups is 1. The van der Waals surface area contributed by atoms with Crippen molar-refractivity contribution in [3.8, 4) is 0 Å². The van der Waals surface area contributed by atoms with Crippen LogP contribution in [0.1, 0.15) is 58.3 Å². The Morgan fingerprint density at radius 2 is 1.86 bits per heavy atom. The normalized spacial score (nSPS) is 15.2. The summed E-state index contributed by atoms with van der Waals surface area (Å²) in [6.45, 7) is 6.93. The first-order chi connectivity index (χ1) is 21.0. The van der Waals surface area contributed by atoms with Gasteiger partial charge in [0.1, 0.15) is 16.5 Å². The van der Waals surface area contributed by atoms with E-state index in [1.165, 1.54) is 18.4 Å². The molecule has 4 rings (SSSR count). The Labute approximate surface area is 263 Å². The third-order valence-electron chi connectivity index (χ3n) is 6.93. The van der Waals surface area contributed by atoms with E-state index >= 15 is 0 Å². The molecule has 44 heavy (non-hydrogen) atoms. The first-order valence-electron chi connectivity index (χ1n) is 14.1. The number of aromatic nitrogens is 1. The molecule has 238 valence electrons. The van der Waals surface area contributed by atoms with Crippen LogP contribution >= 0.6 is 22.7 Å². The van der Waals surface area contributed by atoms with Crippen molar-refractivity contribution in [3.05, 3.63) is 44.6 Å². The number of thiophene rings is 1. The minimum absolute atomic E-state index is 0.158. The zero-order valence-corrected chi connectivity index (χ0v) is 27.4. The lowest BCUT2D eigenvalue weighted by Gasteiger charge is -2.18. The van der Waals surface area contributed by atoms with Crippen LogP contribution in [0.2, 0.25) is 0 Å². The largest absolute Gasteiger partial charge is 0.465 e. The molecule has 2 amide bonds. The van der Waals surface area contributed by atoms with Crippen molar-refractivity contribution in [2.75, 3.05) is 43.8 Å². The minimum Gasteiger partial charge on any atom is -0.465 e. The molecular formula is C29H35N3O9S3. The molecule has 2 aromatic heterocycles. The van der Waals surface area contributed by atoms with Crippen LogP contribution in [0.25, 0.3) is 10.2 Å². The van der Waals surface area contributed by atoms with Crippen LogP contribution in [-0.2, 0) is 53.0 Å². The maximum absolute atomic E-state index is 12.9. The summed E-state index contributed by atoms with van der Waals surface area (Å²) in [5.74, 6) is -4.43. The van der Waals surface area contributed by atoms with E-state index in [0.29, 0.717) is 47.9 Å². The monoisotopic (exact) mass is 665 g/mol. The zero-order chi connectivity index (χ0) is 32.0. The van der Waals surface area contributed by atoms with Gasteiger partial charge in [-0.05, 0) is 62.8 Å². The van der Waals surface area contributed by atoms with Crippen LogP contribution in [0.5, 0.6) is 0 Å². The second-order valence-corrected chi connectivity index (χ2v) is 14.4. The van der Waals surface area contributed by atoms with Gasteiger partial charge in [-0.3, -0.25) is 9.59 Å². The van der Waals surface area contributed by atoms with Crippen molar-refractivity contribution in [1.82, 2.24) is 4.57 Å². The highest BCUT2D eigenvalue weighted by molar-refractivity contribution is 7.92. The summed E-state index contributed by atoms with van der Waals surface area (Å²) in [4.78, 5) is 55.7. The van der Waals surface area contributed by atoms with E-state index in [1.54, 1.807) is 29.7 Å². The number of rotatable bonds is 12. The molecule has 1 aliphatic rings. The Balaban J connectivity index is 1.53. The topological polar surface area (TPSA) is 159 Å². The number of methoxy groups -OCH3 is 1. The van der Waals surface area contributed by atoms with Gasteiger partial charge in [0, 0.05) is 18.0 Å². The fourth-order valence-electron chi connectivity index (χ4n) is 4.92. The van der Waals surface area contributed by atoms with Gasteiger partial charge in [0.05, 0.1) is 41.7 Å². The van der Waals surface area contributed by atoms with E-state index in [1.807, 2.05) is 6.92 Å². The number of fused-ring (bicyclic) bond motifs is 2. The molecule has 0 spiro atoms. The van der Waals surface area contributed by atoms with Gasteiger partial charge in [0.2, 0.25) is 5.91 Å². The summed E-state index contributed by atoms with van der Waals surface area (Å²) in [5.41, 5.74) is 2.10. The van der Waals surface area contributed by atoms with Crippen LogP contribution < -0.4 is 10.1 Å². The molecule has 0 radical (unpaired) electrons. The number of anilines is 1. The van der Waals surface area contributed by atoms with Gasteiger partial charge in [-0.15, -0.1) is 11.3 Å². The highest BCUT2D eigenvalue weighted by Gasteiger charge is 2.30. The number of hydrogen-bond donors (Lipinski definition) is 1. The van der Waals surface area contributed by atoms with E-state index in [9.17, 15) is 27.6 Å². The fourth-order valence-corrected chi connectivity index (χ4v) is 8.46. The number of thiazole rings is 1. The van der Waals surface area contributed by atoms with Crippen molar-refractivity contribution in [2.24, 2.45) is 10.9 Å². The predicted molar refractivity (Wildman–Crippen MR) is 167 cm³/mol. The average Bonchev–Trinajstić information content (AvgIpc) is 3.47. The average molecular weight is 666 g/mol. The molecule has 0 fully saturated rings. The van der Waals surface area contributed by atoms with Crippen LogP contribution in [0.3, 0.4) is 0 Å². The summed E-state index contributed by atoms with van der Waals surface area (Å²) >= 11 is 2.36. The number of benzene rings is 1. The Hall–Kier alpha value is -3.40. The van der Waals surface area contributed by atoms with Gasteiger partial charge in [0.15, 0.2) is 14.6 Å². The first kappa shape index (κ1) is 33.5. The van der Waals surface area contributed by atoms with E-state index in [4.69, 9.17) is 14.2 Å². The van der Waals surface area contributed by atoms with E-state index < -0.39 is 45.1 Å². The number of amides is 2. The number of ether oxygens (including phenoxy) is 3. The number of nitrogens with zero attached hydrogens (tertiary/aromatic N) is 2. The number of esters is 2.